The number of hydrogen-bond acceptors (Lipinski definition) is 4. The topological polar surface area (TPSA) is 87.7 Å². The fourth-order valence-electron chi connectivity index (χ4n) is 3.22. The zero-order valence-corrected chi connectivity index (χ0v) is 14.3. The first-order valence-corrected chi connectivity index (χ1v) is 8.66. The standard InChI is InChI=1S/C18H23N3O4/c1-12-10-13(6-7-15(12)21-8-2-5-16(21)22)20-18(24)17(23)19-11-14-4-3-9-25-14/h6-7,10,14H,2-5,8-9,11H2,1H3,(H,19,23)(H,20,24). The number of rotatable bonds is 4. The smallest absolute Gasteiger partial charge is 0.313 e. The van der Waals surface area contributed by atoms with Crippen molar-refractivity contribution in [1.82, 2.24) is 5.32 Å². The highest BCUT2D eigenvalue weighted by Crippen LogP contribution is 2.27. The number of nitrogens with one attached hydrogen (secondary N) is 2. The number of anilines is 2. The summed E-state index contributed by atoms with van der Waals surface area (Å²) in [5.74, 6) is -1.26. The predicted octanol–water partition coefficient (Wildman–Crippen LogP) is 1.36. The van der Waals surface area contributed by atoms with E-state index in [9.17, 15) is 14.4 Å². The van der Waals surface area contributed by atoms with Crippen LogP contribution < -0.4 is 15.5 Å². The van der Waals surface area contributed by atoms with Crippen molar-refractivity contribution < 1.29 is 19.1 Å². The Hall–Kier alpha value is -2.41. The SMILES string of the molecule is Cc1cc(NC(=O)C(=O)NCC2CCCO2)ccc1N1CCCC1=O. The van der Waals surface area contributed by atoms with E-state index in [0.29, 0.717) is 25.3 Å². The van der Waals surface area contributed by atoms with E-state index in [-0.39, 0.29) is 12.0 Å². The van der Waals surface area contributed by atoms with Gasteiger partial charge in [0.1, 0.15) is 0 Å². The van der Waals surface area contributed by atoms with Gasteiger partial charge in [0.25, 0.3) is 0 Å². The molecular weight excluding hydrogens is 322 g/mol. The number of amides is 3. The fourth-order valence-corrected chi connectivity index (χ4v) is 3.22. The van der Waals surface area contributed by atoms with E-state index in [2.05, 4.69) is 10.6 Å². The molecule has 1 aromatic rings. The molecule has 2 N–H and O–H groups in total. The molecule has 0 radical (unpaired) electrons. The first-order chi connectivity index (χ1) is 12.0. The van der Waals surface area contributed by atoms with Crippen LogP contribution in [0.25, 0.3) is 0 Å². The van der Waals surface area contributed by atoms with Crippen LogP contribution in [0, 0.1) is 6.92 Å². The lowest BCUT2D eigenvalue weighted by Gasteiger charge is -2.19. The molecule has 25 heavy (non-hydrogen) atoms. The van der Waals surface area contributed by atoms with Gasteiger partial charge in [0.05, 0.1) is 6.10 Å². The average molecular weight is 345 g/mol. The highest BCUT2D eigenvalue weighted by Gasteiger charge is 2.23. The number of benzene rings is 1. The third-order valence-corrected chi connectivity index (χ3v) is 4.54. The molecule has 0 aliphatic carbocycles. The summed E-state index contributed by atoms with van der Waals surface area (Å²) in [7, 11) is 0. The molecule has 0 bridgehead atoms. The summed E-state index contributed by atoms with van der Waals surface area (Å²) < 4.78 is 5.41. The van der Waals surface area contributed by atoms with Crippen LogP contribution in [0.3, 0.4) is 0 Å². The van der Waals surface area contributed by atoms with Crippen molar-refractivity contribution in [3.8, 4) is 0 Å². The summed E-state index contributed by atoms with van der Waals surface area (Å²) in [6.45, 7) is 3.66. The molecule has 7 heteroatoms. The molecule has 134 valence electrons. The lowest BCUT2D eigenvalue weighted by atomic mass is 10.1. The van der Waals surface area contributed by atoms with Crippen LogP contribution in [0.2, 0.25) is 0 Å². The first-order valence-electron chi connectivity index (χ1n) is 8.66. The van der Waals surface area contributed by atoms with Gasteiger partial charge in [-0.1, -0.05) is 0 Å². The normalized spacial score (nSPS) is 20.0. The van der Waals surface area contributed by atoms with Crippen LogP contribution in [-0.4, -0.2) is 43.5 Å². The van der Waals surface area contributed by atoms with E-state index < -0.39 is 11.8 Å². The molecule has 2 heterocycles. The highest BCUT2D eigenvalue weighted by molar-refractivity contribution is 6.39. The molecule has 2 saturated heterocycles. The molecular formula is C18H23N3O4. The lowest BCUT2D eigenvalue weighted by Crippen LogP contribution is -2.39. The number of hydrogen-bond donors (Lipinski definition) is 2. The molecule has 3 amide bonds. The van der Waals surface area contributed by atoms with Crippen molar-refractivity contribution in [2.45, 2.75) is 38.7 Å². The number of carbonyl (C=O) groups excluding carboxylic acids is 3. The highest BCUT2D eigenvalue weighted by atomic mass is 16.5. The lowest BCUT2D eigenvalue weighted by molar-refractivity contribution is -0.136. The minimum Gasteiger partial charge on any atom is -0.376 e. The average Bonchev–Trinajstić information content (AvgIpc) is 3.24. The van der Waals surface area contributed by atoms with Crippen LogP contribution >= 0.6 is 0 Å². The van der Waals surface area contributed by atoms with Gasteiger partial charge < -0.3 is 20.3 Å². The molecule has 1 atom stereocenters. The van der Waals surface area contributed by atoms with Crippen LogP contribution in [-0.2, 0) is 19.1 Å². The molecule has 1 aromatic carbocycles. The monoisotopic (exact) mass is 345 g/mol. The Morgan fingerprint density at radius 3 is 2.76 bits per heavy atom. The van der Waals surface area contributed by atoms with Crippen molar-refractivity contribution in [1.29, 1.82) is 0 Å². The van der Waals surface area contributed by atoms with Gasteiger partial charge in [-0.2, -0.15) is 0 Å². The maximum absolute atomic E-state index is 12.0. The van der Waals surface area contributed by atoms with Crippen LogP contribution in [0.4, 0.5) is 11.4 Å². The first kappa shape index (κ1) is 17.4. The van der Waals surface area contributed by atoms with Crippen molar-refractivity contribution in [3.05, 3.63) is 23.8 Å². The van der Waals surface area contributed by atoms with Gasteiger partial charge in [0, 0.05) is 37.5 Å². The second-order valence-electron chi connectivity index (χ2n) is 6.45. The Balaban J connectivity index is 1.56. The van der Waals surface area contributed by atoms with Gasteiger partial charge in [-0.15, -0.1) is 0 Å². The number of nitrogens with zero attached hydrogens (tertiary/aromatic N) is 1. The Morgan fingerprint density at radius 1 is 1.28 bits per heavy atom. The van der Waals surface area contributed by atoms with E-state index in [1.807, 2.05) is 6.92 Å². The molecule has 2 aliphatic rings. The number of ether oxygens (including phenoxy) is 1. The van der Waals surface area contributed by atoms with Crippen molar-refractivity contribution in [2.24, 2.45) is 0 Å². The van der Waals surface area contributed by atoms with Crippen LogP contribution in [0.5, 0.6) is 0 Å². The van der Waals surface area contributed by atoms with Gasteiger partial charge in [-0.25, -0.2) is 0 Å². The molecule has 1 unspecified atom stereocenters. The zero-order valence-electron chi connectivity index (χ0n) is 14.3. The minimum atomic E-state index is -0.706. The van der Waals surface area contributed by atoms with Gasteiger partial charge in [0.15, 0.2) is 0 Å². The molecule has 3 rings (SSSR count). The molecule has 7 nitrogen and oxygen atoms in total. The Bertz CT molecular complexity index is 683. The van der Waals surface area contributed by atoms with E-state index in [1.54, 1.807) is 23.1 Å². The fraction of sp³-hybridized carbons (Fsp3) is 0.500. The Labute approximate surface area is 146 Å². The second-order valence-corrected chi connectivity index (χ2v) is 6.45. The van der Waals surface area contributed by atoms with Crippen molar-refractivity contribution in [3.63, 3.8) is 0 Å². The summed E-state index contributed by atoms with van der Waals surface area (Å²) in [6.07, 6.45) is 3.32. The predicted molar refractivity (Wildman–Crippen MR) is 93.4 cm³/mol. The maximum Gasteiger partial charge on any atom is 0.313 e. The largest absolute Gasteiger partial charge is 0.376 e. The van der Waals surface area contributed by atoms with Crippen molar-refractivity contribution >= 4 is 29.1 Å². The summed E-state index contributed by atoms with van der Waals surface area (Å²) in [5, 5.41) is 5.18. The van der Waals surface area contributed by atoms with Crippen LogP contribution in [0.1, 0.15) is 31.2 Å². The number of carbonyl (C=O) groups is 3. The van der Waals surface area contributed by atoms with Gasteiger partial charge in [-0.05, 0) is 49.9 Å². The van der Waals surface area contributed by atoms with Gasteiger partial charge in [0.2, 0.25) is 5.91 Å². The Kier molecular flexibility index (Phi) is 5.33. The summed E-state index contributed by atoms with van der Waals surface area (Å²) in [5.41, 5.74) is 2.27. The van der Waals surface area contributed by atoms with E-state index in [0.717, 1.165) is 37.1 Å². The third-order valence-electron chi connectivity index (χ3n) is 4.54. The quantitative estimate of drug-likeness (QED) is 0.807. The van der Waals surface area contributed by atoms with Crippen molar-refractivity contribution in [2.75, 3.05) is 29.9 Å². The summed E-state index contributed by atoms with van der Waals surface area (Å²) >= 11 is 0. The van der Waals surface area contributed by atoms with E-state index >= 15 is 0 Å². The molecule has 0 spiro atoms. The Morgan fingerprint density at radius 2 is 2.12 bits per heavy atom. The van der Waals surface area contributed by atoms with Crippen LogP contribution in [0.15, 0.2) is 18.2 Å². The molecule has 0 saturated carbocycles. The number of aryl methyl sites for hydroxylation is 1. The van der Waals surface area contributed by atoms with E-state index in [1.165, 1.54) is 0 Å². The molecule has 2 fully saturated rings. The van der Waals surface area contributed by atoms with Gasteiger partial charge in [-0.3, -0.25) is 14.4 Å². The maximum atomic E-state index is 12.0. The zero-order chi connectivity index (χ0) is 17.8. The minimum absolute atomic E-state index is 0.00345. The molecule has 2 aliphatic heterocycles. The molecule has 0 aromatic heterocycles. The summed E-state index contributed by atoms with van der Waals surface area (Å²) in [4.78, 5) is 37.5. The second kappa shape index (κ2) is 7.65. The summed E-state index contributed by atoms with van der Waals surface area (Å²) in [6, 6.07) is 5.28. The van der Waals surface area contributed by atoms with E-state index in [4.69, 9.17) is 4.74 Å². The van der Waals surface area contributed by atoms with Gasteiger partial charge >= 0.3 is 11.8 Å². The third kappa shape index (κ3) is 4.17.